The minimum Gasteiger partial charge on any atom is -0.546 e. The molecule has 88 valence electrons. The van der Waals surface area contributed by atoms with Crippen LogP contribution in [0.15, 0.2) is 24.3 Å². The highest BCUT2D eigenvalue weighted by atomic mass is 16.5. The lowest BCUT2D eigenvalue weighted by atomic mass is 10.2. The molecule has 0 fully saturated rings. The zero-order valence-corrected chi connectivity index (χ0v) is 8.97. The summed E-state index contributed by atoms with van der Waals surface area (Å²) in [6.07, 6.45) is 0. The first-order valence-electron chi connectivity index (χ1n) is 4.45. The van der Waals surface area contributed by atoms with Crippen LogP contribution >= 0.6 is 0 Å². The molecule has 0 heterocycles. The number of guanidine groups is 1. The molecule has 6 nitrogen and oxygen atoms in total. The summed E-state index contributed by atoms with van der Waals surface area (Å²) in [5.74, 6) is -0.708. The molecule has 0 amide bonds. The van der Waals surface area contributed by atoms with Crippen molar-refractivity contribution in [2.45, 2.75) is 6.92 Å². The zero-order valence-electron chi connectivity index (χ0n) is 8.97. The second kappa shape index (κ2) is 7.10. The molecule has 1 rings (SSSR count). The molecule has 6 heteroatoms. The first-order chi connectivity index (χ1) is 7.43. The number of aliphatic carboxylic acids is 1. The normalized spacial score (nSPS) is 8.56. The van der Waals surface area contributed by atoms with E-state index in [2.05, 4.69) is 16.9 Å². The summed E-state index contributed by atoms with van der Waals surface area (Å²) in [6.45, 7) is 1.45. The van der Waals surface area contributed by atoms with Crippen LogP contribution in [0.2, 0.25) is 0 Å². The average Bonchev–Trinajstić information content (AvgIpc) is 2.15. The lowest BCUT2D eigenvalue weighted by molar-refractivity contribution is -0.307. The van der Waals surface area contributed by atoms with Gasteiger partial charge in [0.05, 0.1) is 5.97 Å². The zero-order chi connectivity index (χ0) is 12.6. The van der Waals surface area contributed by atoms with E-state index in [0.29, 0.717) is 5.75 Å². The van der Waals surface area contributed by atoms with E-state index in [9.17, 15) is 9.90 Å². The van der Waals surface area contributed by atoms with Crippen molar-refractivity contribution in [1.82, 2.24) is 0 Å². The van der Waals surface area contributed by atoms with Gasteiger partial charge in [0.25, 0.3) is 0 Å². The fourth-order valence-electron chi connectivity index (χ4n) is 0.855. The fraction of sp³-hybridized carbons (Fsp3) is 0.200. The van der Waals surface area contributed by atoms with Gasteiger partial charge in [-0.05, 0) is 18.6 Å². The molecule has 0 saturated heterocycles. The van der Waals surface area contributed by atoms with Crippen LogP contribution in [0.5, 0.6) is 5.75 Å². The van der Waals surface area contributed by atoms with Gasteiger partial charge in [-0.3, -0.25) is 16.9 Å². The van der Waals surface area contributed by atoms with E-state index < -0.39 is 12.6 Å². The van der Waals surface area contributed by atoms with Crippen molar-refractivity contribution in [3.63, 3.8) is 0 Å². The Bertz CT molecular complexity index is 362. The lowest BCUT2D eigenvalue weighted by Gasteiger charge is -2.08. The number of para-hydroxylation sites is 1. The molecular formula is C10H15N3O3. The second-order valence-corrected chi connectivity index (χ2v) is 2.93. The molecule has 0 atom stereocenters. The average molecular weight is 225 g/mol. The Kier molecular flexibility index (Phi) is 6.11. The first-order valence-corrected chi connectivity index (χ1v) is 4.45. The minimum atomic E-state index is -1.21. The number of aryl methyl sites for hydroxylation is 1. The molecule has 6 N–H and O–H groups in total. The quantitative estimate of drug-likeness (QED) is 0.376. The number of nitrogens with two attached hydrogens (primary N) is 3. The summed E-state index contributed by atoms with van der Waals surface area (Å²) in [5.41, 5.74) is 10.1. The number of carboxylic acid groups (broad SMARTS) is 1. The van der Waals surface area contributed by atoms with Gasteiger partial charge in [0.15, 0.2) is 0 Å². The Balaban J connectivity index is 0.000000487. The van der Waals surface area contributed by atoms with Gasteiger partial charge in [-0.25, -0.2) is 0 Å². The summed E-state index contributed by atoms with van der Waals surface area (Å²) in [5, 5.41) is 14.6. The van der Waals surface area contributed by atoms with Gasteiger partial charge >= 0.3 is 5.96 Å². The second-order valence-electron chi connectivity index (χ2n) is 2.93. The van der Waals surface area contributed by atoms with Crippen LogP contribution in [-0.4, -0.2) is 18.5 Å². The molecule has 1 aromatic carbocycles. The molecule has 16 heavy (non-hydrogen) atoms. The third-order valence-electron chi connectivity index (χ3n) is 1.44. The monoisotopic (exact) mass is 225 g/mol. The van der Waals surface area contributed by atoms with E-state index in [4.69, 9.17) is 4.74 Å². The van der Waals surface area contributed by atoms with E-state index in [1.165, 1.54) is 0 Å². The molecule has 0 radical (unpaired) electrons. The fourth-order valence-corrected chi connectivity index (χ4v) is 0.855. The number of rotatable bonds is 3. The maximum atomic E-state index is 10.0. The number of carbonyl (C=O) groups is 1. The van der Waals surface area contributed by atoms with Crippen LogP contribution in [0, 0.1) is 6.92 Å². The molecule has 0 bridgehead atoms. The van der Waals surface area contributed by atoms with Crippen molar-refractivity contribution in [1.29, 1.82) is 0 Å². The molecule has 0 aliphatic heterocycles. The molecule has 0 saturated carbocycles. The van der Waals surface area contributed by atoms with E-state index in [0.717, 1.165) is 5.56 Å². The Morgan fingerprint density at radius 2 is 1.94 bits per heavy atom. The molecule has 0 aromatic heterocycles. The van der Waals surface area contributed by atoms with E-state index in [1.54, 1.807) is 12.1 Å². The van der Waals surface area contributed by atoms with Crippen LogP contribution in [0.4, 0.5) is 0 Å². The molecule has 1 aromatic rings. The van der Waals surface area contributed by atoms with Gasteiger partial charge in [-0.2, -0.15) is 0 Å². The third-order valence-corrected chi connectivity index (χ3v) is 1.44. The van der Waals surface area contributed by atoms with Crippen molar-refractivity contribution >= 4 is 11.9 Å². The Hall–Kier alpha value is -2.24. The SMILES string of the molecule is Cc1ccccc1OCC(=O)[O-].NC(N)=[NH2+]. The summed E-state index contributed by atoms with van der Waals surface area (Å²) in [6, 6.07) is 7.22. The predicted molar refractivity (Wildman–Crippen MR) is 57.0 cm³/mol. The van der Waals surface area contributed by atoms with Gasteiger partial charge < -0.3 is 14.6 Å². The highest BCUT2D eigenvalue weighted by Gasteiger charge is 1.96. The standard InChI is InChI=1S/C9H10O3.CH5N3/c1-7-4-2-3-5-8(7)12-6-9(10)11;2-1(3)4/h2-5H,6H2,1H3,(H,10,11);(H5,2,3,4). The number of hydrogen-bond donors (Lipinski definition) is 3. The maximum Gasteiger partial charge on any atom is 0.336 e. The summed E-state index contributed by atoms with van der Waals surface area (Å²) >= 11 is 0. The molecule has 0 spiro atoms. The van der Waals surface area contributed by atoms with Crippen LogP contribution in [0.3, 0.4) is 0 Å². The summed E-state index contributed by atoms with van der Waals surface area (Å²) < 4.78 is 4.94. The molecule has 0 unspecified atom stereocenters. The van der Waals surface area contributed by atoms with Crippen molar-refractivity contribution in [3.8, 4) is 5.75 Å². The highest BCUT2D eigenvalue weighted by Crippen LogP contribution is 2.15. The topological polar surface area (TPSA) is 127 Å². The van der Waals surface area contributed by atoms with Crippen LogP contribution in [-0.2, 0) is 4.79 Å². The number of ether oxygens (including phenoxy) is 1. The van der Waals surface area contributed by atoms with E-state index in [1.807, 2.05) is 19.1 Å². The molecule has 0 aliphatic carbocycles. The Labute approximate surface area is 93.3 Å². The number of carbonyl (C=O) groups excluding carboxylic acids is 1. The predicted octanol–water partition coefficient (Wildman–Crippen LogP) is -2.86. The summed E-state index contributed by atoms with van der Waals surface area (Å²) in [4.78, 5) is 10.0. The number of benzene rings is 1. The van der Waals surface area contributed by atoms with Crippen LogP contribution in [0.25, 0.3) is 0 Å². The Morgan fingerprint density at radius 3 is 2.38 bits per heavy atom. The highest BCUT2D eigenvalue weighted by molar-refractivity contribution is 5.68. The molecule has 0 aliphatic rings. The van der Waals surface area contributed by atoms with Gasteiger partial charge in [0.1, 0.15) is 12.4 Å². The van der Waals surface area contributed by atoms with E-state index in [-0.39, 0.29) is 5.96 Å². The first kappa shape index (κ1) is 13.8. The largest absolute Gasteiger partial charge is 0.546 e. The summed E-state index contributed by atoms with van der Waals surface area (Å²) in [7, 11) is 0. The van der Waals surface area contributed by atoms with Crippen LogP contribution in [0.1, 0.15) is 5.56 Å². The minimum absolute atomic E-state index is 0.0833. The van der Waals surface area contributed by atoms with Gasteiger partial charge in [-0.15, -0.1) is 0 Å². The van der Waals surface area contributed by atoms with Gasteiger partial charge in [0.2, 0.25) is 0 Å². The Morgan fingerprint density at radius 1 is 1.44 bits per heavy atom. The lowest BCUT2D eigenvalue weighted by Crippen LogP contribution is -2.51. The van der Waals surface area contributed by atoms with Crippen molar-refractivity contribution in [2.75, 3.05) is 6.61 Å². The maximum absolute atomic E-state index is 10.0. The number of carboxylic acids is 1. The van der Waals surface area contributed by atoms with Crippen LogP contribution < -0.4 is 26.7 Å². The van der Waals surface area contributed by atoms with E-state index >= 15 is 0 Å². The van der Waals surface area contributed by atoms with Crippen molar-refractivity contribution in [2.24, 2.45) is 11.5 Å². The van der Waals surface area contributed by atoms with Gasteiger partial charge in [0, 0.05) is 0 Å². The van der Waals surface area contributed by atoms with Crippen molar-refractivity contribution in [3.05, 3.63) is 29.8 Å². The smallest absolute Gasteiger partial charge is 0.336 e. The third kappa shape index (κ3) is 7.19. The van der Waals surface area contributed by atoms with Crippen molar-refractivity contribution < 1.29 is 20.0 Å². The molecular weight excluding hydrogens is 210 g/mol. The number of hydrogen-bond acceptors (Lipinski definition) is 3. The van der Waals surface area contributed by atoms with Gasteiger partial charge in [-0.1, -0.05) is 18.2 Å².